The molecule has 0 radical (unpaired) electrons. The molecule has 0 aliphatic heterocycles. The molecule has 4 nitrogen and oxygen atoms in total. The van der Waals surface area contributed by atoms with E-state index in [1.165, 1.54) is 0 Å². The van der Waals surface area contributed by atoms with Crippen molar-refractivity contribution >= 4 is 5.82 Å². The first kappa shape index (κ1) is 11.3. The van der Waals surface area contributed by atoms with Crippen molar-refractivity contribution < 1.29 is 13.5 Å². The van der Waals surface area contributed by atoms with Crippen LogP contribution in [0.1, 0.15) is 0 Å². The molecule has 0 bridgehead atoms. The van der Waals surface area contributed by atoms with Gasteiger partial charge in [-0.2, -0.15) is 4.98 Å². The molecule has 2 aromatic rings. The van der Waals surface area contributed by atoms with Gasteiger partial charge in [-0.05, 0) is 12.1 Å². The summed E-state index contributed by atoms with van der Waals surface area (Å²) in [4.78, 5) is 3.58. The molecular weight excluding hydrogens is 228 g/mol. The molecule has 88 valence electrons. The lowest BCUT2D eigenvalue weighted by Crippen LogP contribution is -2.11. The van der Waals surface area contributed by atoms with E-state index in [-0.39, 0.29) is 11.7 Å². The topological polar surface area (TPSA) is 60.2 Å². The zero-order valence-corrected chi connectivity index (χ0v) is 8.65. The number of hydrogen-bond acceptors (Lipinski definition) is 4. The predicted octanol–water partition coefficient (Wildman–Crippen LogP) is 2.44. The summed E-state index contributed by atoms with van der Waals surface area (Å²) >= 11 is 0. The largest absolute Gasteiger partial charge is 0.436 e. The first-order valence-corrected chi connectivity index (χ1v) is 4.76. The number of para-hydroxylation sites is 1. The van der Waals surface area contributed by atoms with Crippen LogP contribution in [0, 0.1) is 11.6 Å². The number of aromatic nitrogens is 1. The number of nitrogen functional groups attached to an aromatic ring is 1. The Morgan fingerprint density at radius 1 is 1.12 bits per heavy atom. The van der Waals surface area contributed by atoms with Crippen molar-refractivity contribution in [2.45, 2.75) is 0 Å². The zero-order chi connectivity index (χ0) is 12.3. The number of hydrazine groups is 1. The fraction of sp³-hybridized carbons (Fsp3) is 0. The van der Waals surface area contributed by atoms with Crippen molar-refractivity contribution in [1.29, 1.82) is 0 Å². The second-order valence-corrected chi connectivity index (χ2v) is 3.17. The molecule has 1 aromatic carbocycles. The molecule has 0 spiro atoms. The van der Waals surface area contributed by atoms with Gasteiger partial charge in [0, 0.05) is 6.07 Å². The third-order valence-electron chi connectivity index (χ3n) is 1.99. The Morgan fingerprint density at radius 2 is 1.82 bits per heavy atom. The standard InChI is InChI=1S/C11H9F2N3O/c12-8-6-9(13)11(15-10(8)16-14)17-7-4-2-1-3-5-7/h1-6H,14H2,(H,15,16). The normalized spacial score (nSPS) is 10.1. The van der Waals surface area contributed by atoms with E-state index in [9.17, 15) is 8.78 Å². The van der Waals surface area contributed by atoms with E-state index < -0.39 is 11.6 Å². The number of rotatable bonds is 3. The van der Waals surface area contributed by atoms with Gasteiger partial charge < -0.3 is 10.2 Å². The highest BCUT2D eigenvalue weighted by molar-refractivity contribution is 5.39. The van der Waals surface area contributed by atoms with Crippen molar-refractivity contribution in [3.05, 3.63) is 48.0 Å². The van der Waals surface area contributed by atoms with Gasteiger partial charge in [0.05, 0.1) is 0 Å². The summed E-state index contributed by atoms with van der Waals surface area (Å²) in [6, 6.07) is 9.13. The highest BCUT2D eigenvalue weighted by Crippen LogP contribution is 2.25. The Morgan fingerprint density at radius 3 is 2.47 bits per heavy atom. The van der Waals surface area contributed by atoms with Crippen LogP contribution in [0.5, 0.6) is 11.6 Å². The summed E-state index contributed by atoms with van der Waals surface area (Å²) in [7, 11) is 0. The van der Waals surface area contributed by atoms with Crippen LogP contribution in [0.2, 0.25) is 0 Å². The average Bonchev–Trinajstić information content (AvgIpc) is 2.34. The molecule has 17 heavy (non-hydrogen) atoms. The van der Waals surface area contributed by atoms with Crippen molar-refractivity contribution in [1.82, 2.24) is 4.98 Å². The Bertz CT molecular complexity index is 520. The van der Waals surface area contributed by atoms with Crippen LogP contribution in [-0.2, 0) is 0 Å². The monoisotopic (exact) mass is 237 g/mol. The van der Waals surface area contributed by atoms with Gasteiger partial charge in [0.25, 0.3) is 5.88 Å². The number of anilines is 1. The van der Waals surface area contributed by atoms with E-state index in [1.807, 2.05) is 5.43 Å². The number of nitrogens with one attached hydrogen (secondary N) is 1. The van der Waals surface area contributed by atoms with Crippen LogP contribution in [0.3, 0.4) is 0 Å². The minimum atomic E-state index is -0.898. The maximum Gasteiger partial charge on any atom is 0.258 e. The predicted molar refractivity (Wildman–Crippen MR) is 58.5 cm³/mol. The Kier molecular flexibility index (Phi) is 3.15. The summed E-state index contributed by atoms with van der Waals surface area (Å²) in [5.41, 5.74) is 2.02. The van der Waals surface area contributed by atoms with Crippen LogP contribution in [0.25, 0.3) is 0 Å². The van der Waals surface area contributed by atoms with Crippen molar-refractivity contribution in [2.24, 2.45) is 5.84 Å². The van der Waals surface area contributed by atoms with E-state index in [2.05, 4.69) is 4.98 Å². The van der Waals surface area contributed by atoms with Crippen LogP contribution < -0.4 is 16.0 Å². The molecule has 3 N–H and O–H groups in total. The van der Waals surface area contributed by atoms with Crippen LogP contribution in [0.4, 0.5) is 14.6 Å². The van der Waals surface area contributed by atoms with Crippen LogP contribution in [-0.4, -0.2) is 4.98 Å². The van der Waals surface area contributed by atoms with E-state index in [0.29, 0.717) is 11.8 Å². The highest BCUT2D eigenvalue weighted by Gasteiger charge is 2.12. The number of hydrogen-bond donors (Lipinski definition) is 2. The SMILES string of the molecule is NNc1nc(Oc2ccccc2)c(F)cc1F. The first-order chi connectivity index (χ1) is 8.20. The Hall–Kier alpha value is -2.21. The van der Waals surface area contributed by atoms with Gasteiger partial charge in [-0.25, -0.2) is 14.6 Å². The fourth-order valence-corrected chi connectivity index (χ4v) is 1.22. The van der Waals surface area contributed by atoms with Crippen molar-refractivity contribution in [3.63, 3.8) is 0 Å². The van der Waals surface area contributed by atoms with Crippen molar-refractivity contribution in [3.8, 4) is 11.6 Å². The molecule has 0 saturated heterocycles. The van der Waals surface area contributed by atoms with Gasteiger partial charge in [-0.1, -0.05) is 18.2 Å². The molecule has 0 saturated carbocycles. The maximum absolute atomic E-state index is 13.4. The molecule has 0 aliphatic carbocycles. The molecule has 1 aromatic heterocycles. The minimum absolute atomic E-state index is 0.280. The van der Waals surface area contributed by atoms with Gasteiger partial charge >= 0.3 is 0 Å². The van der Waals surface area contributed by atoms with E-state index in [0.717, 1.165) is 0 Å². The molecular formula is C11H9F2N3O. The maximum atomic E-state index is 13.4. The van der Waals surface area contributed by atoms with Gasteiger partial charge in [0.1, 0.15) is 5.75 Å². The van der Waals surface area contributed by atoms with Gasteiger partial charge in [0.15, 0.2) is 17.5 Å². The fourth-order valence-electron chi connectivity index (χ4n) is 1.22. The summed E-state index contributed by atoms with van der Waals surface area (Å²) in [6.45, 7) is 0. The zero-order valence-electron chi connectivity index (χ0n) is 8.65. The lowest BCUT2D eigenvalue weighted by atomic mass is 10.3. The lowest BCUT2D eigenvalue weighted by molar-refractivity contribution is 0.418. The first-order valence-electron chi connectivity index (χ1n) is 4.76. The van der Waals surface area contributed by atoms with E-state index in [1.54, 1.807) is 30.3 Å². The number of nitrogens with two attached hydrogens (primary N) is 1. The van der Waals surface area contributed by atoms with E-state index >= 15 is 0 Å². The summed E-state index contributed by atoms with van der Waals surface area (Å²) in [6.07, 6.45) is 0. The summed E-state index contributed by atoms with van der Waals surface area (Å²) in [5.74, 6) is 3.03. The van der Waals surface area contributed by atoms with Crippen LogP contribution >= 0.6 is 0 Å². The molecule has 1 heterocycles. The summed E-state index contributed by atoms with van der Waals surface area (Å²) < 4.78 is 31.6. The third-order valence-corrected chi connectivity index (χ3v) is 1.99. The number of benzene rings is 1. The molecule has 0 unspecified atom stereocenters. The van der Waals surface area contributed by atoms with Gasteiger partial charge in [-0.15, -0.1) is 0 Å². The quantitative estimate of drug-likeness (QED) is 0.635. The molecule has 0 aliphatic rings. The second-order valence-electron chi connectivity index (χ2n) is 3.17. The van der Waals surface area contributed by atoms with Crippen molar-refractivity contribution in [2.75, 3.05) is 5.43 Å². The Labute approximate surface area is 96.0 Å². The number of nitrogens with zero attached hydrogens (tertiary/aromatic N) is 1. The molecule has 2 rings (SSSR count). The molecule has 0 fully saturated rings. The number of pyridine rings is 1. The third kappa shape index (κ3) is 2.48. The molecule has 6 heteroatoms. The minimum Gasteiger partial charge on any atom is -0.436 e. The average molecular weight is 237 g/mol. The summed E-state index contributed by atoms with van der Waals surface area (Å²) in [5, 5.41) is 0. The smallest absolute Gasteiger partial charge is 0.258 e. The van der Waals surface area contributed by atoms with Gasteiger partial charge in [0.2, 0.25) is 0 Å². The second kappa shape index (κ2) is 4.75. The number of halogens is 2. The Balaban J connectivity index is 2.33. The molecule has 0 amide bonds. The van der Waals surface area contributed by atoms with Crippen LogP contribution in [0.15, 0.2) is 36.4 Å². The molecule has 0 atom stereocenters. The highest BCUT2D eigenvalue weighted by atomic mass is 19.1. The van der Waals surface area contributed by atoms with Gasteiger partial charge in [-0.3, -0.25) is 0 Å². The number of ether oxygens (including phenoxy) is 1. The lowest BCUT2D eigenvalue weighted by Gasteiger charge is -2.08. The van der Waals surface area contributed by atoms with E-state index in [4.69, 9.17) is 10.6 Å².